The normalized spacial score (nSPS) is 19.4. The summed E-state index contributed by atoms with van der Waals surface area (Å²) in [7, 11) is -3.72. The Bertz CT molecular complexity index is 315. The van der Waals surface area contributed by atoms with Crippen LogP contribution in [0.2, 0.25) is 0 Å². The topological polar surface area (TPSA) is 44.8 Å². The molecular weight excluding hydrogens is 434 g/mol. The molecule has 4 nitrogen and oxygen atoms in total. The highest BCUT2D eigenvalue weighted by Gasteiger charge is 2.39. The Morgan fingerprint density at radius 3 is 1.60 bits per heavy atom. The van der Waals surface area contributed by atoms with Crippen LogP contribution in [0, 0.1) is 10.8 Å². The van der Waals surface area contributed by atoms with E-state index >= 15 is 0 Å². The van der Waals surface area contributed by atoms with E-state index in [0.29, 0.717) is 0 Å². The van der Waals surface area contributed by atoms with Crippen molar-refractivity contribution in [1.29, 1.82) is 0 Å². The molecule has 0 aromatic carbocycles. The number of phosphoric acid groups is 1. The van der Waals surface area contributed by atoms with Crippen molar-refractivity contribution in [3.8, 4) is 0 Å². The smallest absolute Gasteiger partial charge is 0.286 e. The van der Waals surface area contributed by atoms with Crippen LogP contribution >= 0.6 is 51.3 Å². The predicted molar refractivity (Wildman–Crippen MR) is 90.8 cm³/mol. The van der Waals surface area contributed by atoms with Crippen LogP contribution in [0.4, 0.5) is 0 Å². The Morgan fingerprint density at radius 1 is 1.00 bits per heavy atom. The predicted octanol–water partition coefficient (Wildman–Crippen LogP) is 5.92. The molecule has 0 amide bonds. The summed E-state index contributed by atoms with van der Waals surface area (Å²) in [4.78, 5) is 0. The molecule has 0 aliphatic heterocycles. The highest BCUT2D eigenvalue weighted by molar-refractivity contribution is 9.09. The van der Waals surface area contributed by atoms with Gasteiger partial charge in [0.25, 0.3) is 0 Å². The molecule has 20 heavy (non-hydrogen) atoms. The van der Waals surface area contributed by atoms with Gasteiger partial charge in [-0.3, -0.25) is 13.6 Å². The minimum atomic E-state index is -3.72. The summed E-state index contributed by atoms with van der Waals surface area (Å²) in [5, 5.41) is -0.952. The van der Waals surface area contributed by atoms with Gasteiger partial charge in [0.05, 0.1) is 6.61 Å². The molecule has 0 saturated heterocycles. The maximum atomic E-state index is 12.7. The van der Waals surface area contributed by atoms with E-state index < -0.39 is 17.8 Å². The van der Waals surface area contributed by atoms with Crippen molar-refractivity contribution in [2.24, 2.45) is 10.8 Å². The molecule has 2 unspecified atom stereocenters. The maximum Gasteiger partial charge on any atom is 0.477 e. The number of halogens is 3. The van der Waals surface area contributed by atoms with Gasteiger partial charge in [-0.25, -0.2) is 4.57 Å². The lowest BCUT2D eigenvalue weighted by molar-refractivity contribution is 0.0498. The lowest BCUT2D eigenvalue weighted by Crippen LogP contribution is -2.27. The molecule has 0 heterocycles. The minimum absolute atomic E-state index is 0.0898. The van der Waals surface area contributed by atoms with Gasteiger partial charge in [-0.05, 0) is 10.8 Å². The average Bonchev–Trinajstić information content (AvgIpc) is 2.23. The molecular formula is C12H24Br2ClO4P. The Labute approximate surface area is 144 Å². The molecule has 0 spiro atoms. The minimum Gasteiger partial charge on any atom is -0.286 e. The van der Waals surface area contributed by atoms with Gasteiger partial charge in [-0.1, -0.05) is 73.4 Å². The Kier molecular flexibility index (Phi) is 8.84. The van der Waals surface area contributed by atoms with Crippen LogP contribution in [-0.4, -0.2) is 22.5 Å². The van der Waals surface area contributed by atoms with Crippen LogP contribution in [0.5, 0.6) is 0 Å². The summed E-state index contributed by atoms with van der Waals surface area (Å²) < 4.78 is 28.9. The first-order valence-corrected chi connectivity index (χ1v) is 10.1. The van der Waals surface area contributed by atoms with E-state index in [9.17, 15) is 4.57 Å². The number of phosphoric ester groups is 1. The molecule has 122 valence electrons. The largest absolute Gasteiger partial charge is 0.477 e. The van der Waals surface area contributed by atoms with Crippen LogP contribution in [0.3, 0.4) is 0 Å². The summed E-state index contributed by atoms with van der Waals surface area (Å²) in [5.41, 5.74) is -0.514. The molecule has 0 aliphatic carbocycles. The van der Waals surface area contributed by atoms with E-state index in [2.05, 4.69) is 31.9 Å². The van der Waals surface area contributed by atoms with Crippen LogP contribution in [-0.2, 0) is 18.1 Å². The summed E-state index contributed by atoms with van der Waals surface area (Å²) >= 11 is 12.3. The molecule has 0 fully saturated rings. The first kappa shape index (κ1) is 21.4. The molecule has 8 heteroatoms. The number of hydrogen-bond donors (Lipinski definition) is 0. The molecule has 0 saturated carbocycles. The zero-order chi connectivity index (χ0) is 16.2. The van der Waals surface area contributed by atoms with Crippen LogP contribution in [0.15, 0.2) is 0 Å². The van der Waals surface area contributed by atoms with Gasteiger partial charge >= 0.3 is 7.82 Å². The first-order valence-electron chi connectivity index (χ1n) is 6.27. The average molecular weight is 459 g/mol. The van der Waals surface area contributed by atoms with Gasteiger partial charge in [-0.15, -0.1) is 11.6 Å². The van der Waals surface area contributed by atoms with Gasteiger partial charge in [0.2, 0.25) is 0 Å². The summed E-state index contributed by atoms with van der Waals surface area (Å²) in [6.07, 6.45) is 0. The quantitative estimate of drug-likeness (QED) is 0.351. The highest BCUT2D eigenvalue weighted by Crippen LogP contribution is 2.56. The van der Waals surface area contributed by atoms with E-state index in [-0.39, 0.29) is 23.3 Å². The van der Waals surface area contributed by atoms with Crippen LogP contribution in [0.1, 0.15) is 41.5 Å². The molecule has 0 rings (SSSR count). The summed E-state index contributed by atoms with van der Waals surface area (Å²) in [5.74, 6) is 0.210. The van der Waals surface area contributed by atoms with Crippen molar-refractivity contribution < 1.29 is 18.1 Å². The fourth-order valence-corrected chi connectivity index (χ4v) is 3.76. The molecule has 0 aliphatic rings. The van der Waals surface area contributed by atoms with E-state index in [1.807, 2.05) is 41.5 Å². The lowest BCUT2D eigenvalue weighted by atomic mass is 9.99. The Hall–Kier alpha value is 1.36. The van der Waals surface area contributed by atoms with Crippen molar-refractivity contribution in [3.63, 3.8) is 0 Å². The second kappa shape index (κ2) is 8.28. The molecule has 0 bridgehead atoms. The molecule has 0 N–H and O–H groups in total. The third-order valence-electron chi connectivity index (χ3n) is 2.13. The van der Waals surface area contributed by atoms with E-state index in [0.717, 1.165) is 0 Å². The van der Waals surface area contributed by atoms with Crippen molar-refractivity contribution in [1.82, 2.24) is 0 Å². The van der Waals surface area contributed by atoms with Gasteiger partial charge in [-0.2, -0.15) is 0 Å². The van der Waals surface area contributed by atoms with E-state index in [4.69, 9.17) is 25.2 Å². The van der Waals surface area contributed by atoms with Gasteiger partial charge in [0.15, 0.2) is 0 Å². The number of alkyl halides is 3. The van der Waals surface area contributed by atoms with E-state index in [1.165, 1.54) is 0 Å². The number of hydrogen-bond acceptors (Lipinski definition) is 4. The molecule has 0 radical (unpaired) electrons. The third-order valence-corrected chi connectivity index (χ3v) is 7.42. The Balaban J connectivity index is 4.97. The van der Waals surface area contributed by atoms with Crippen molar-refractivity contribution in [2.45, 2.75) is 51.6 Å². The fourth-order valence-electron chi connectivity index (χ4n) is 0.775. The number of rotatable bonds is 7. The maximum absolute atomic E-state index is 12.7. The van der Waals surface area contributed by atoms with Crippen molar-refractivity contribution in [3.05, 3.63) is 0 Å². The molecule has 0 aromatic heterocycles. The second-order valence-corrected chi connectivity index (χ2v) is 10.2. The zero-order valence-electron chi connectivity index (χ0n) is 12.8. The third kappa shape index (κ3) is 8.11. The van der Waals surface area contributed by atoms with Gasteiger partial charge in [0, 0.05) is 5.88 Å². The van der Waals surface area contributed by atoms with E-state index in [1.54, 1.807) is 0 Å². The van der Waals surface area contributed by atoms with Gasteiger partial charge < -0.3 is 0 Å². The SMILES string of the molecule is CC(C)(C)C(Br)OP(=O)(OCCCl)OC(Br)C(C)(C)C. The van der Waals surface area contributed by atoms with Gasteiger partial charge in [0.1, 0.15) is 10.0 Å². The fraction of sp³-hybridized carbons (Fsp3) is 1.00. The molecule has 2 atom stereocenters. The highest BCUT2D eigenvalue weighted by atomic mass is 79.9. The van der Waals surface area contributed by atoms with Crippen LogP contribution in [0.25, 0.3) is 0 Å². The summed E-state index contributed by atoms with van der Waals surface area (Å²) in [6.45, 7) is 11.8. The standard InChI is InChI=1S/C12H24Br2ClO4P/c1-11(2,3)9(13)18-20(16,17-8-7-15)19-10(14)12(4,5)6/h9-10H,7-8H2,1-6H3. The van der Waals surface area contributed by atoms with Crippen LogP contribution < -0.4 is 0 Å². The molecule has 0 aromatic rings. The summed E-state index contributed by atoms with van der Waals surface area (Å²) in [6, 6.07) is 0. The van der Waals surface area contributed by atoms with Crippen molar-refractivity contribution in [2.75, 3.05) is 12.5 Å². The van der Waals surface area contributed by atoms with Crippen molar-refractivity contribution >= 4 is 51.3 Å². The first-order chi connectivity index (χ1) is 8.82. The zero-order valence-corrected chi connectivity index (χ0v) is 17.6. The Morgan fingerprint density at radius 2 is 1.35 bits per heavy atom. The monoisotopic (exact) mass is 456 g/mol. The second-order valence-electron chi connectivity index (χ2n) is 6.54. The lowest BCUT2D eigenvalue weighted by Gasteiger charge is -2.32.